The minimum Gasteiger partial charge on any atom is -0.345 e. The van der Waals surface area contributed by atoms with Gasteiger partial charge in [0, 0.05) is 6.54 Å². The first-order valence-electron chi connectivity index (χ1n) is 22.8. The zero-order valence-electron chi connectivity index (χ0n) is 35.6. The summed E-state index contributed by atoms with van der Waals surface area (Å²) in [6, 6.07) is 5.80. The number of rotatable bonds is 22. The summed E-state index contributed by atoms with van der Waals surface area (Å²) >= 11 is 0. The largest absolute Gasteiger partial charge is 0.345 e. The number of Topliss-reactive ketones (excluding diaryl/α,β-unsaturated/α-hetero) is 2. The van der Waals surface area contributed by atoms with E-state index >= 15 is 4.79 Å². The molecule has 0 spiro atoms. The minimum atomic E-state index is -1.16. The van der Waals surface area contributed by atoms with Crippen LogP contribution in [-0.4, -0.2) is 90.1 Å². The average molecular weight is 816 g/mol. The van der Waals surface area contributed by atoms with Crippen molar-refractivity contribution < 1.29 is 24.0 Å². The number of nitrogens with zero attached hydrogens (tertiary/aromatic N) is 1. The van der Waals surface area contributed by atoms with Gasteiger partial charge < -0.3 is 38.1 Å². The first-order valence-corrected chi connectivity index (χ1v) is 22.8. The first kappa shape index (κ1) is 46.4. The Bertz CT molecular complexity index is 1590. The van der Waals surface area contributed by atoms with Crippen molar-refractivity contribution in [3.63, 3.8) is 0 Å². The molecule has 1 heterocycles. The van der Waals surface area contributed by atoms with Gasteiger partial charge in [-0.15, -0.1) is 0 Å². The fourth-order valence-corrected chi connectivity index (χ4v) is 10.0. The summed E-state index contributed by atoms with van der Waals surface area (Å²) < 4.78 is 0. The van der Waals surface area contributed by atoms with Crippen molar-refractivity contribution in [3.8, 4) is 0 Å². The lowest BCUT2D eigenvalue weighted by Gasteiger charge is -2.38. The molecule has 5 rings (SSSR count). The molecular formula is C47H73N7O5. The molecule has 2 saturated carbocycles. The molecule has 1 saturated heterocycles. The number of amides is 3. The average Bonchev–Trinajstić information content (AvgIpc) is 3.75. The van der Waals surface area contributed by atoms with Gasteiger partial charge in [0.1, 0.15) is 6.04 Å². The molecule has 1 aromatic carbocycles. The molecule has 1 aromatic rings. The Hall–Kier alpha value is -3.71. The topological polar surface area (TPSA) is 203 Å². The molecule has 0 bridgehead atoms. The van der Waals surface area contributed by atoms with Crippen LogP contribution in [0.25, 0.3) is 0 Å². The Kier molecular flexibility index (Phi) is 18.3. The highest BCUT2D eigenvalue weighted by atomic mass is 16.2. The van der Waals surface area contributed by atoms with Gasteiger partial charge in [-0.1, -0.05) is 119 Å². The summed E-state index contributed by atoms with van der Waals surface area (Å²) in [4.78, 5) is 73.6. The monoisotopic (exact) mass is 816 g/mol. The zero-order valence-corrected chi connectivity index (χ0v) is 35.6. The maximum Gasteiger partial charge on any atom is 0.245 e. The van der Waals surface area contributed by atoms with Crippen molar-refractivity contribution in [1.82, 2.24) is 20.9 Å². The third-order valence-electron chi connectivity index (χ3n) is 13.5. The van der Waals surface area contributed by atoms with Crippen LogP contribution in [-0.2, 0) is 30.4 Å². The zero-order chi connectivity index (χ0) is 42.2. The van der Waals surface area contributed by atoms with Crippen molar-refractivity contribution in [1.29, 1.82) is 0 Å². The van der Waals surface area contributed by atoms with Crippen LogP contribution in [0.2, 0.25) is 0 Å². The highest BCUT2D eigenvalue weighted by Crippen LogP contribution is 2.34. The van der Waals surface area contributed by atoms with E-state index in [1.165, 1.54) is 12.8 Å². The number of benzene rings is 1. The van der Waals surface area contributed by atoms with E-state index in [1.807, 2.05) is 54.6 Å². The number of ketones is 2. The van der Waals surface area contributed by atoms with Gasteiger partial charge >= 0.3 is 0 Å². The molecule has 0 radical (unpaired) electrons. The van der Waals surface area contributed by atoms with E-state index in [1.54, 1.807) is 11.9 Å². The predicted octanol–water partition coefficient (Wildman–Crippen LogP) is 4.53. The van der Waals surface area contributed by atoms with E-state index in [2.05, 4.69) is 16.0 Å². The van der Waals surface area contributed by atoms with Crippen LogP contribution in [0.1, 0.15) is 128 Å². The Labute approximate surface area is 352 Å². The number of unbranched alkanes of at least 4 members (excludes halogenated alkanes) is 1. The third kappa shape index (κ3) is 13.4. The van der Waals surface area contributed by atoms with Crippen molar-refractivity contribution >= 4 is 29.3 Å². The number of carbonyl (C=O) groups excluding carboxylic acids is 5. The fraction of sp³-hybridized carbons (Fsp3) is 0.681. The SMILES string of the molecule is CN[C@@H](Cc1ccccc1)C(=O)N[C@@H](CCCCN)C(=O)N1CCC[C@H]1C(=O)[C@@H](CC1(NC(=O)[C@@H](N)CC2CCCCC2)C=CC=CC1)C(=O)[C@H](N)CC1CCCCC1. The van der Waals surface area contributed by atoms with E-state index in [4.69, 9.17) is 17.2 Å². The number of carbonyl (C=O) groups is 5. The summed E-state index contributed by atoms with van der Waals surface area (Å²) in [5.74, 6) is -2.07. The Balaban J connectivity index is 1.38. The molecule has 3 amide bonds. The van der Waals surface area contributed by atoms with E-state index < -0.39 is 41.7 Å². The van der Waals surface area contributed by atoms with Crippen LogP contribution in [0.5, 0.6) is 0 Å². The van der Waals surface area contributed by atoms with Gasteiger partial charge in [0.05, 0.1) is 35.6 Å². The second-order valence-electron chi connectivity index (χ2n) is 18.0. The van der Waals surface area contributed by atoms with Crippen molar-refractivity contribution in [2.75, 3.05) is 20.1 Å². The normalized spacial score (nSPS) is 23.9. The van der Waals surface area contributed by atoms with Gasteiger partial charge in [0.15, 0.2) is 11.6 Å². The lowest BCUT2D eigenvalue weighted by atomic mass is 9.74. The van der Waals surface area contributed by atoms with Crippen LogP contribution >= 0.6 is 0 Å². The lowest BCUT2D eigenvalue weighted by Crippen LogP contribution is -2.58. The molecule has 4 aliphatic rings. The molecule has 59 heavy (non-hydrogen) atoms. The Morgan fingerprint density at radius 3 is 2.07 bits per heavy atom. The van der Waals surface area contributed by atoms with Gasteiger partial charge in [-0.3, -0.25) is 24.0 Å². The smallest absolute Gasteiger partial charge is 0.245 e. The van der Waals surface area contributed by atoms with Gasteiger partial charge in [-0.25, -0.2) is 0 Å². The molecule has 7 atom stereocenters. The number of hydrogen-bond acceptors (Lipinski definition) is 9. The number of allylic oxidation sites excluding steroid dienone is 2. The van der Waals surface area contributed by atoms with Crippen LogP contribution in [0, 0.1) is 17.8 Å². The van der Waals surface area contributed by atoms with Crippen molar-refractivity contribution in [2.45, 2.75) is 164 Å². The maximum absolute atomic E-state index is 15.1. The first-order chi connectivity index (χ1) is 28.5. The van der Waals surface area contributed by atoms with Crippen LogP contribution in [0.3, 0.4) is 0 Å². The highest BCUT2D eigenvalue weighted by molar-refractivity contribution is 6.08. The number of hydrogen-bond donors (Lipinski definition) is 6. The second-order valence-corrected chi connectivity index (χ2v) is 18.0. The fourth-order valence-electron chi connectivity index (χ4n) is 10.0. The lowest BCUT2D eigenvalue weighted by molar-refractivity contribution is -0.145. The summed E-state index contributed by atoms with van der Waals surface area (Å²) in [5, 5.41) is 9.34. The van der Waals surface area contributed by atoms with Gasteiger partial charge in [-0.2, -0.15) is 0 Å². The van der Waals surface area contributed by atoms with Crippen LogP contribution in [0.15, 0.2) is 54.6 Å². The molecule has 0 aromatic heterocycles. The van der Waals surface area contributed by atoms with Gasteiger partial charge in [0.25, 0.3) is 0 Å². The van der Waals surface area contributed by atoms with Crippen molar-refractivity contribution in [2.24, 2.45) is 35.0 Å². The van der Waals surface area contributed by atoms with E-state index in [0.29, 0.717) is 82.7 Å². The number of likely N-dealkylation sites (N-methyl/N-ethyl adjacent to an activating group) is 1. The van der Waals surface area contributed by atoms with E-state index in [9.17, 15) is 19.2 Å². The summed E-state index contributed by atoms with van der Waals surface area (Å²) in [6.07, 6.45) is 23.2. The molecule has 1 aliphatic heterocycles. The summed E-state index contributed by atoms with van der Waals surface area (Å²) in [6.45, 7) is 0.776. The van der Waals surface area contributed by atoms with E-state index in [0.717, 1.165) is 56.9 Å². The van der Waals surface area contributed by atoms with Gasteiger partial charge in [0.2, 0.25) is 17.7 Å². The standard InChI is InChI=1S/C47H73N7O5/c1-51-40(31-35-21-10-4-11-22-35)45(58)52-39(23-12-15-27-48)46(59)54-28-16-24-41(54)43(56)36(42(55)37(49)29-33-17-6-2-7-18-33)32-47(25-13-5-14-26-47)53-44(57)38(50)30-34-19-8-3-9-20-34/h4-5,10-11,13-14,21-22,25,33-34,36-41,51H,2-3,6-9,12,15-20,23-24,26-32,48-50H2,1H3,(H,52,58)(H,53,57)/t36-,37+,38-,39-,40-,41-,47?/m0/s1. The number of nitrogens with one attached hydrogen (secondary N) is 3. The summed E-state index contributed by atoms with van der Waals surface area (Å²) in [5.41, 5.74) is 19.1. The molecule has 3 fully saturated rings. The molecular weight excluding hydrogens is 743 g/mol. The molecule has 3 aliphatic carbocycles. The van der Waals surface area contributed by atoms with Crippen molar-refractivity contribution in [3.05, 3.63) is 60.2 Å². The quantitative estimate of drug-likeness (QED) is 0.0718. The molecule has 12 heteroatoms. The summed E-state index contributed by atoms with van der Waals surface area (Å²) in [7, 11) is 1.72. The maximum atomic E-state index is 15.1. The van der Waals surface area contributed by atoms with E-state index in [-0.39, 0.29) is 35.7 Å². The molecule has 9 N–H and O–H groups in total. The third-order valence-corrected chi connectivity index (χ3v) is 13.5. The predicted molar refractivity (Wildman–Crippen MR) is 233 cm³/mol. The molecule has 326 valence electrons. The molecule has 12 nitrogen and oxygen atoms in total. The van der Waals surface area contributed by atoms with Crippen LogP contribution < -0.4 is 33.2 Å². The second kappa shape index (κ2) is 23.3. The molecule has 1 unspecified atom stereocenters. The number of likely N-dealkylation sites (tertiary alicyclic amines) is 1. The number of nitrogens with two attached hydrogens (primary N) is 3. The highest BCUT2D eigenvalue weighted by Gasteiger charge is 2.46. The Morgan fingerprint density at radius 2 is 1.46 bits per heavy atom. The Morgan fingerprint density at radius 1 is 0.797 bits per heavy atom. The van der Waals surface area contributed by atoms with Gasteiger partial charge in [-0.05, 0) is 95.2 Å². The minimum absolute atomic E-state index is 0.0181. The van der Waals surface area contributed by atoms with Crippen LogP contribution in [0.4, 0.5) is 0 Å².